The topological polar surface area (TPSA) is 98.0 Å². The lowest BCUT2D eigenvalue weighted by atomic mass is 9.97. The Kier molecular flexibility index (Phi) is 4.77. The number of aliphatic hydroxyl groups is 4. The Labute approximate surface area is 99.0 Å². The van der Waals surface area contributed by atoms with Gasteiger partial charge in [-0.15, -0.1) is 0 Å². The molecule has 0 spiro atoms. The van der Waals surface area contributed by atoms with E-state index in [1.54, 1.807) is 18.2 Å². The van der Waals surface area contributed by atoms with Crippen molar-refractivity contribution in [3.8, 4) is 0 Å². The van der Waals surface area contributed by atoms with Crippen LogP contribution in [0.5, 0.6) is 0 Å². The fourth-order valence-corrected chi connectivity index (χ4v) is 1.40. The zero-order valence-electron chi connectivity index (χ0n) is 9.39. The minimum absolute atomic E-state index is 0.233. The molecule has 0 saturated carbocycles. The summed E-state index contributed by atoms with van der Waals surface area (Å²) < 4.78 is 0. The fourth-order valence-electron chi connectivity index (χ4n) is 1.40. The summed E-state index contributed by atoms with van der Waals surface area (Å²) >= 11 is 0. The van der Waals surface area contributed by atoms with Crippen LogP contribution >= 0.6 is 0 Å². The van der Waals surface area contributed by atoms with Crippen molar-refractivity contribution < 1.29 is 25.2 Å². The standard InChI is InChI=1S/C12H16O5/c1-7(13)9(14)11(16)12(17)10(15)8-5-3-2-4-6-8/h2-7,9,11-14,16-17H,1H3/t7-,9-,11+,12-/m0/s1. The molecule has 0 aliphatic heterocycles. The van der Waals surface area contributed by atoms with Crippen LogP contribution in [0, 0.1) is 0 Å². The Balaban J connectivity index is 2.77. The van der Waals surface area contributed by atoms with Gasteiger partial charge in [-0.1, -0.05) is 30.3 Å². The van der Waals surface area contributed by atoms with E-state index in [2.05, 4.69) is 0 Å². The number of carbonyl (C=O) groups is 1. The molecule has 0 aliphatic carbocycles. The quantitative estimate of drug-likeness (QED) is 0.512. The first-order valence-corrected chi connectivity index (χ1v) is 5.26. The zero-order chi connectivity index (χ0) is 13.0. The van der Waals surface area contributed by atoms with Gasteiger partial charge in [0.1, 0.15) is 18.3 Å². The average molecular weight is 240 g/mol. The lowest BCUT2D eigenvalue weighted by Gasteiger charge is -2.23. The first-order chi connectivity index (χ1) is 7.95. The Morgan fingerprint density at radius 1 is 1.00 bits per heavy atom. The second-order valence-corrected chi connectivity index (χ2v) is 3.90. The fraction of sp³-hybridized carbons (Fsp3) is 0.417. The van der Waals surface area contributed by atoms with Gasteiger partial charge >= 0.3 is 0 Å². The molecule has 1 rings (SSSR count). The molecule has 94 valence electrons. The Morgan fingerprint density at radius 3 is 2.00 bits per heavy atom. The maximum absolute atomic E-state index is 11.7. The van der Waals surface area contributed by atoms with Crippen molar-refractivity contribution in [2.45, 2.75) is 31.3 Å². The first-order valence-electron chi connectivity index (χ1n) is 5.26. The lowest BCUT2D eigenvalue weighted by molar-refractivity contribution is -0.0893. The van der Waals surface area contributed by atoms with E-state index in [0.717, 1.165) is 0 Å². The van der Waals surface area contributed by atoms with Gasteiger partial charge < -0.3 is 20.4 Å². The molecule has 0 unspecified atom stereocenters. The van der Waals surface area contributed by atoms with Crippen molar-refractivity contribution in [1.29, 1.82) is 0 Å². The largest absolute Gasteiger partial charge is 0.391 e. The third-order valence-corrected chi connectivity index (χ3v) is 2.49. The van der Waals surface area contributed by atoms with Crippen LogP contribution in [-0.2, 0) is 0 Å². The second-order valence-electron chi connectivity index (χ2n) is 3.90. The van der Waals surface area contributed by atoms with Crippen LogP contribution in [0.1, 0.15) is 17.3 Å². The molecule has 5 heteroatoms. The summed E-state index contributed by atoms with van der Waals surface area (Å²) in [5.74, 6) is -0.696. The van der Waals surface area contributed by atoms with Crippen LogP contribution in [0.25, 0.3) is 0 Å². The maximum atomic E-state index is 11.7. The Morgan fingerprint density at radius 2 is 1.53 bits per heavy atom. The molecule has 0 fully saturated rings. The number of carbonyl (C=O) groups excluding carboxylic acids is 1. The Bertz CT molecular complexity index is 362. The molecule has 0 heterocycles. The van der Waals surface area contributed by atoms with E-state index in [1.807, 2.05) is 0 Å². The van der Waals surface area contributed by atoms with Crippen LogP contribution in [-0.4, -0.2) is 50.6 Å². The van der Waals surface area contributed by atoms with Gasteiger partial charge in [0.25, 0.3) is 0 Å². The number of hydrogen-bond donors (Lipinski definition) is 4. The van der Waals surface area contributed by atoms with Crippen LogP contribution in [0.2, 0.25) is 0 Å². The highest BCUT2D eigenvalue weighted by atomic mass is 16.4. The predicted molar refractivity (Wildman–Crippen MR) is 60.5 cm³/mol. The summed E-state index contributed by atoms with van der Waals surface area (Å²) in [5, 5.41) is 37.5. The van der Waals surface area contributed by atoms with Crippen molar-refractivity contribution in [1.82, 2.24) is 0 Å². The highest BCUT2D eigenvalue weighted by Crippen LogP contribution is 2.10. The highest BCUT2D eigenvalue weighted by molar-refractivity contribution is 5.99. The Hall–Kier alpha value is -1.27. The van der Waals surface area contributed by atoms with Crippen LogP contribution in [0.15, 0.2) is 30.3 Å². The van der Waals surface area contributed by atoms with Crippen molar-refractivity contribution in [2.75, 3.05) is 0 Å². The molecular formula is C12H16O5. The minimum atomic E-state index is -1.76. The first kappa shape index (κ1) is 13.8. The van der Waals surface area contributed by atoms with Crippen LogP contribution in [0.4, 0.5) is 0 Å². The van der Waals surface area contributed by atoms with E-state index in [4.69, 9.17) is 5.11 Å². The van der Waals surface area contributed by atoms with Gasteiger partial charge in [-0.25, -0.2) is 0 Å². The normalized spacial score (nSPS) is 18.2. The summed E-state index contributed by atoms with van der Waals surface area (Å²) in [7, 11) is 0. The predicted octanol–water partition coefficient (Wildman–Crippen LogP) is -0.667. The highest BCUT2D eigenvalue weighted by Gasteiger charge is 2.32. The van der Waals surface area contributed by atoms with Gasteiger partial charge in [0.2, 0.25) is 0 Å². The number of Topliss-reactive ketones (excluding diaryl/α,β-unsaturated/α-hetero) is 1. The van der Waals surface area contributed by atoms with E-state index in [0.29, 0.717) is 0 Å². The molecular weight excluding hydrogens is 224 g/mol. The molecule has 0 amide bonds. The monoisotopic (exact) mass is 240 g/mol. The average Bonchev–Trinajstić information content (AvgIpc) is 2.36. The van der Waals surface area contributed by atoms with Crippen LogP contribution in [0.3, 0.4) is 0 Å². The molecule has 4 N–H and O–H groups in total. The summed E-state index contributed by atoms with van der Waals surface area (Å²) in [6, 6.07) is 7.94. The number of rotatable bonds is 5. The van der Waals surface area contributed by atoms with Crippen molar-refractivity contribution in [2.24, 2.45) is 0 Å². The van der Waals surface area contributed by atoms with E-state index >= 15 is 0 Å². The van der Waals surface area contributed by atoms with Crippen molar-refractivity contribution >= 4 is 5.78 Å². The summed E-state index contributed by atoms with van der Waals surface area (Å²) in [6.45, 7) is 1.26. The smallest absolute Gasteiger partial charge is 0.194 e. The molecule has 0 saturated heterocycles. The number of benzene rings is 1. The zero-order valence-corrected chi connectivity index (χ0v) is 9.39. The molecule has 5 nitrogen and oxygen atoms in total. The molecule has 0 bridgehead atoms. The molecule has 0 radical (unpaired) electrons. The van der Waals surface area contributed by atoms with Crippen LogP contribution < -0.4 is 0 Å². The van der Waals surface area contributed by atoms with Gasteiger partial charge in [0, 0.05) is 5.56 Å². The van der Waals surface area contributed by atoms with Crippen molar-refractivity contribution in [3.63, 3.8) is 0 Å². The minimum Gasteiger partial charge on any atom is -0.391 e. The maximum Gasteiger partial charge on any atom is 0.194 e. The van der Waals surface area contributed by atoms with Crippen molar-refractivity contribution in [3.05, 3.63) is 35.9 Å². The molecule has 17 heavy (non-hydrogen) atoms. The van der Waals surface area contributed by atoms with E-state index < -0.39 is 30.2 Å². The van der Waals surface area contributed by atoms with Gasteiger partial charge in [0.05, 0.1) is 6.10 Å². The van der Waals surface area contributed by atoms with E-state index in [9.17, 15) is 20.1 Å². The van der Waals surface area contributed by atoms with Gasteiger partial charge in [0.15, 0.2) is 5.78 Å². The van der Waals surface area contributed by atoms with E-state index in [1.165, 1.54) is 19.1 Å². The van der Waals surface area contributed by atoms with E-state index in [-0.39, 0.29) is 5.56 Å². The van der Waals surface area contributed by atoms with Gasteiger partial charge in [-0.3, -0.25) is 4.79 Å². The summed E-state index contributed by atoms with van der Waals surface area (Å²) in [4.78, 5) is 11.7. The third kappa shape index (κ3) is 3.34. The molecule has 4 atom stereocenters. The number of ketones is 1. The molecule has 1 aromatic rings. The van der Waals surface area contributed by atoms with Gasteiger partial charge in [-0.2, -0.15) is 0 Å². The summed E-state index contributed by atoms with van der Waals surface area (Å²) in [6.07, 6.45) is -6.29. The second kappa shape index (κ2) is 5.88. The molecule has 0 aliphatic rings. The number of hydrogen-bond acceptors (Lipinski definition) is 5. The molecule has 0 aromatic heterocycles. The third-order valence-electron chi connectivity index (χ3n) is 2.49. The lowest BCUT2D eigenvalue weighted by Crippen LogP contribution is -2.46. The van der Waals surface area contributed by atoms with Gasteiger partial charge in [-0.05, 0) is 6.92 Å². The summed E-state index contributed by atoms with van der Waals surface area (Å²) in [5.41, 5.74) is 0.233. The molecule has 1 aromatic carbocycles. The number of aliphatic hydroxyl groups excluding tert-OH is 4. The SMILES string of the molecule is C[C@H](O)[C@H](O)[C@@H](O)[C@@H](O)C(=O)c1ccccc1.